The summed E-state index contributed by atoms with van der Waals surface area (Å²) in [7, 11) is 1.95. The molecule has 0 spiro atoms. The van der Waals surface area contributed by atoms with Crippen LogP contribution in [0.1, 0.15) is 21.7 Å². The second-order valence-corrected chi connectivity index (χ2v) is 4.95. The molecule has 2 rings (SSSR count). The van der Waals surface area contributed by atoms with Crippen LogP contribution >= 0.6 is 11.6 Å². The first kappa shape index (κ1) is 13.7. The zero-order chi connectivity index (χ0) is 14.0. The van der Waals surface area contributed by atoms with E-state index >= 15 is 0 Å². The molecule has 4 heteroatoms. The minimum Gasteiger partial charge on any atom is -0.485 e. The van der Waals surface area contributed by atoms with Gasteiger partial charge in [0.1, 0.15) is 5.75 Å². The Labute approximate surface area is 117 Å². The second kappa shape index (κ2) is 5.49. The summed E-state index contributed by atoms with van der Waals surface area (Å²) in [6, 6.07) is 8.86. The highest BCUT2D eigenvalue weighted by molar-refractivity contribution is 6.30. The van der Waals surface area contributed by atoms with E-state index in [1.165, 1.54) is 0 Å². The summed E-state index contributed by atoms with van der Waals surface area (Å²) in [6.07, 6.45) is 0. The quantitative estimate of drug-likeness (QED) is 0.800. The molecule has 1 aromatic carbocycles. The lowest BCUT2D eigenvalue weighted by Crippen LogP contribution is -2.12. The molecule has 0 saturated carbocycles. The number of carbonyl (C=O) groups excluding carboxylic acids is 1. The normalized spacial score (nSPS) is 10.5. The summed E-state index contributed by atoms with van der Waals surface area (Å²) in [5.41, 5.74) is 2.74. The Morgan fingerprint density at radius 1 is 1.26 bits per heavy atom. The van der Waals surface area contributed by atoms with Gasteiger partial charge < -0.3 is 9.30 Å². The van der Waals surface area contributed by atoms with E-state index in [0.717, 1.165) is 11.4 Å². The van der Waals surface area contributed by atoms with Gasteiger partial charge in [0.15, 0.2) is 6.61 Å². The summed E-state index contributed by atoms with van der Waals surface area (Å²) in [4.78, 5) is 12.1. The molecule has 100 valence electrons. The number of halogens is 1. The lowest BCUT2D eigenvalue weighted by Gasteiger charge is -2.06. The minimum atomic E-state index is -0.0175. The van der Waals surface area contributed by atoms with E-state index in [0.29, 0.717) is 16.3 Å². The number of hydrogen-bond acceptors (Lipinski definition) is 2. The van der Waals surface area contributed by atoms with Crippen molar-refractivity contribution in [2.75, 3.05) is 6.61 Å². The summed E-state index contributed by atoms with van der Waals surface area (Å²) < 4.78 is 7.46. The van der Waals surface area contributed by atoms with Gasteiger partial charge in [-0.25, -0.2) is 0 Å². The van der Waals surface area contributed by atoms with Crippen molar-refractivity contribution in [3.05, 3.63) is 52.3 Å². The molecule has 1 aromatic heterocycles. The molecule has 0 N–H and O–H groups in total. The second-order valence-electron chi connectivity index (χ2n) is 4.51. The van der Waals surface area contributed by atoms with Crippen molar-refractivity contribution >= 4 is 17.4 Å². The molecule has 0 fully saturated rings. The highest BCUT2D eigenvalue weighted by Crippen LogP contribution is 2.17. The molecule has 0 aliphatic heterocycles. The fraction of sp³-hybridized carbons (Fsp3) is 0.267. The number of ether oxygens (including phenoxy) is 1. The average Bonchev–Trinajstić information content (AvgIpc) is 2.65. The first-order chi connectivity index (χ1) is 8.99. The smallest absolute Gasteiger partial charge is 0.202 e. The number of Topliss-reactive ketones (excluding diaryl/α,β-unsaturated/α-hetero) is 1. The molecular weight excluding hydrogens is 262 g/mol. The number of nitrogens with zero attached hydrogens (tertiary/aromatic N) is 1. The Morgan fingerprint density at radius 2 is 1.89 bits per heavy atom. The van der Waals surface area contributed by atoms with E-state index < -0.39 is 0 Å². The SMILES string of the molecule is Cc1cc(C(=O)COc2ccc(Cl)cc2)c(C)n1C. The summed E-state index contributed by atoms with van der Waals surface area (Å²) in [6.45, 7) is 3.94. The van der Waals surface area contributed by atoms with Crippen LogP contribution < -0.4 is 4.74 Å². The van der Waals surface area contributed by atoms with Crippen LogP contribution in [0.3, 0.4) is 0 Å². The van der Waals surface area contributed by atoms with Crippen LogP contribution in [0.4, 0.5) is 0 Å². The Balaban J connectivity index is 2.05. The molecule has 19 heavy (non-hydrogen) atoms. The molecule has 0 amide bonds. The van der Waals surface area contributed by atoms with Gasteiger partial charge in [0.2, 0.25) is 5.78 Å². The van der Waals surface area contributed by atoms with Crippen LogP contribution in [0, 0.1) is 13.8 Å². The maximum absolute atomic E-state index is 12.1. The van der Waals surface area contributed by atoms with Gasteiger partial charge in [-0.1, -0.05) is 11.6 Å². The number of aryl methyl sites for hydroxylation is 1. The predicted molar refractivity (Wildman–Crippen MR) is 76.2 cm³/mol. The molecule has 0 atom stereocenters. The van der Waals surface area contributed by atoms with Crippen LogP contribution in [-0.4, -0.2) is 17.0 Å². The Hall–Kier alpha value is -1.74. The number of rotatable bonds is 4. The van der Waals surface area contributed by atoms with E-state index in [-0.39, 0.29) is 12.4 Å². The van der Waals surface area contributed by atoms with Crippen LogP contribution in [0.2, 0.25) is 5.02 Å². The van der Waals surface area contributed by atoms with E-state index in [4.69, 9.17) is 16.3 Å². The molecule has 0 saturated heterocycles. The number of aromatic nitrogens is 1. The zero-order valence-electron chi connectivity index (χ0n) is 11.2. The van der Waals surface area contributed by atoms with E-state index in [2.05, 4.69) is 0 Å². The lowest BCUT2D eigenvalue weighted by molar-refractivity contribution is 0.0921. The van der Waals surface area contributed by atoms with Crippen molar-refractivity contribution in [3.8, 4) is 5.75 Å². The highest BCUT2D eigenvalue weighted by atomic mass is 35.5. The van der Waals surface area contributed by atoms with Gasteiger partial charge in [-0.15, -0.1) is 0 Å². The number of ketones is 1. The maximum Gasteiger partial charge on any atom is 0.202 e. The van der Waals surface area contributed by atoms with Gasteiger partial charge >= 0.3 is 0 Å². The third kappa shape index (κ3) is 2.99. The average molecular weight is 278 g/mol. The van der Waals surface area contributed by atoms with Crippen LogP contribution in [0.15, 0.2) is 30.3 Å². The number of hydrogen-bond donors (Lipinski definition) is 0. The largest absolute Gasteiger partial charge is 0.485 e. The predicted octanol–water partition coefficient (Wildman–Crippen LogP) is 3.56. The Bertz CT molecular complexity index is 599. The molecule has 0 aliphatic carbocycles. The van der Waals surface area contributed by atoms with Crippen LogP contribution in [-0.2, 0) is 7.05 Å². The molecule has 0 unspecified atom stereocenters. The maximum atomic E-state index is 12.1. The fourth-order valence-electron chi connectivity index (χ4n) is 1.90. The third-order valence-corrected chi connectivity index (χ3v) is 3.51. The summed E-state index contributed by atoms with van der Waals surface area (Å²) in [5, 5.41) is 0.646. The minimum absolute atomic E-state index is 0.0175. The number of benzene rings is 1. The van der Waals surface area contributed by atoms with Gasteiger partial charge in [-0.05, 0) is 44.2 Å². The van der Waals surface area contributed by atoms with Crippen molar-refractivity contribution < 1.29 is 9.53 Å². The van der Waals surface area contributed by atoms with Crippen molar-refractivity contribution in [2.45, 2.75) is 13.8 Å². The Morgan fingerprint density at radius 3 is 2.42 bits per heavy atom. The van der Waals surface area contributed by atoms with Gasteiger partial charge in [0.05, 0.1) is 0 Å². The monoisotopic (exact) mass is 277 g/mol. The van der Waals surface area contributed by atoms with Gasteiger partial charge in [-0.2, -0.15) is 0 Å². The van der Waals surface area contributed by atoms with Crippen molar-refractivity contribution in [3.63, 3.8) is 0 Å². The van der Waals surface area contributed by atoms with Crippen molar-refractivity contribution in [2.24, 2.45) is 7.05 Å². The zero-order valence-corrected chi connectivity index (χ0v) is 12.0. The first-order valence-corrected chi connectivity index (χ1v) is 6.41. The molecule has 0 radical (unpaired) electrons. The number of carbonyl (C=O) groups is 1. The standard InChI is InChI=1S/C15H16ClNO2/c1-10-8-14(11(2)17(10)3)15(18)9-19-13-6-4-12(16)5-7-13/h4-8H,9H2,1-3H3. The van der Waals surface area contributed by atoms with Crippen molar-refractivity contribution in [1.29, 1.82) is 0 Å². The van der Waals surface area contributed by atoms with Crippen molar-refractivity contribution in [1.82, 2.24) is 4.57 Å². The summed E-state index contributed by atoms with van der Waals surface area (Å²) >= 11 is 5.79. The Kier molecular flexibility index (Phi) is 3.96. The summed E-state index contributed by atoms with van der Waals surface area (Å²) in [5.74, 6) is 0.624. The third-order valence-electron chi connectivity index (χ3n) is 3.26. The van der Waals surface area contributed by atoms with Crippen LogP contribution in [0.5, 0.6) is 5.75 Å². The van der Waals surface area contributed by atoms with E-state index in [1.807, 2.05) is 31.5 Å². The van der Waals surface area contributed by atoms with Gasteiger partial charge in [0, 0.05) is 29.0 Å². The molecule has 0 bridgehead atoms. The molecule has 2 aromatic rings. The molecule has 1 heterocycles. The molecule has 3 nitrogen and oxygen atoms in total. The molecular formula is C15H16ClNO2. The highest BCUT2D eigenvalue weighted by Gasteiger charge is 2.14. The van der Waals surface area contributed by atoms with Gasteiger partial charge in [-0.3, -0.25) is 4.79 Å². The topological polar surface area (TPSA) is 31.2 Å². The van der Waals surface area contributed by atoms with E-state index in [1.54, 1.807) is 24.3 Å². The van der Waals surface area contributed by atoms with E-state index in [9.17, 15) is 4.79 Å². The first-order valence-electron chi connectivity index (χ1n) is 6.03. The fourth-order valence-corrected chi connectivity index (χ4v) is 2.02. The van der Waals surface area contributed by atoms with Gasteiger partial charge in [0.25, 0.3) is 0 Å². The molecule has 0 aliphatic rings. The van der Waals surface area contributed by atoms with Crippen LogP contribution in [0.25, 0.3) is 0 Å². The lowest BCUT2D eigenvalue weighted by atomic mass is 10.1.